The van der Waals surface area contributed by atoms with E-state index in [9.17, 15) is 14.4 Å². The fourth-order valence-corrected chi connectivity index (χ4v) is 3.64. The number of Topliss-reactive ketones (excluding diaryl/α,β-unsaturated/α-hetero) is 1. The van der Waals surface area contributed by atoms with Gasteiger partial charge in [-0.15, -0.1) is 0 Å². The van der Waals surface area contributed by atoms with Crippen LogP contribution in [0.1, 0.15) is 41.3 Å². The van der Waals surface area contributed by atoms with Crippen molar-refractivity contribution in [2.24, 2.45) is 0 Å². The van der Waals surface area contributed by atoms with Gasteiger partial charge in [-0.1, -0.05) is 55.0 Å². The van der Waals surface area contributed by atoms with Crippen molar-refractivity contribution in [3.63, 3.8) is 0 Å². The summed E-state index contributed by atoms with van der Waals surface area (Å²) >= 11 is 0. The molecule has 1 aliphatic heterocycles. The SMILES string of the molecule is CCc1ccccc1OCC(=O)N1CCN(C(=O)CCC(=O)c2ccc(C)cc2)CC1. The Balaban J connectivity index is 1.41. The van der Waals surface area contributed by atoms with Crippen LogP contribution in [-0.2, 0) is 16.0 Å². The number of hydrogen-bond acceptors (Lipinski definition) is 4. The quantitative estimate of drug-likeness (QED) is 0.613. The molecule has 164 valence electrons. The molecule has 1 aliphatic rings. The van der Waals surface area contributed by atoms with Crippen molar-refractivity contribution in [3.8, 4) is 5.75 Å². The van der Waals surface area contributed by atoms with E-state index in [2.05, 4.69) is 6.92 Å². The van der Waals surface area contributed by atoms with Crippen LogP contribution in [0.5, 0.6) is 5.75 Å². The molecular weight excluding hydrogens is 392 g/mol. The lowest BCUT2D eigenvalue weighted by Gasteiger charge is -2.34. The molecule has 0 radical (unpaired) electrons. The zero-order valence-corrected chi connectivity index (χ0v) is 18.3. The van der Waals surface area contributed by atoms with Crippen molar-refractivity contribution in [1.29, 1.82) is 0 Å². The lowest BCUT2D eigenvalue weighted by atomic mass is 10.0. The minimum absolute atomic E-state index is 0.00396. The third-order valence-corrected chi connectivity index (χ3v) is 5.63. The van der Waals surface area contributed by atoms with Crippen LogP contribution in [0.15, 0.2) is 48.5 Å². The van der Waals surface area contributed by atoms with E-state index in [1.807, 2.05) is 43.3 Å². The molecular formula is C25H30N2O4. The first-order valence-electron chi connectivity index (χ1n) is 10.8. The van der Waals surface area contributed by atoms with Crippen molar-refractivity contribution < 1.29 is 19.1 Å². The van der Waals surface area contributed by atoms with Crippen LogP contribution in [0, 0.1) is 6.92 Å². The topological polar surface area (TPSA) is 66.9 Å². The van der Waals surface area contributed by atoms with E-state index in [0.29, 0.717) is 31.7 Å². The molecule has 0 bridgehead atoms. The zero-order chi connectivity index (χ0) is 22.2. The normalized spacial score (nSPS) is 13.7. The van der Waals surface area contributed by atoms with E-state index in [0.717, 1.165) is 23.3 Å². The van der Waals surface area contributed by atoms with Gasteiger partial charge in [-0.25, -0.2) is 0 Å². The Morgan fingerprint density at radius 3 is 2.10 bits per heavy atom. The first kappa shape index (κ1) is 22.5. The van der Waals surface area contributed by atoms with Crippen molar-refractivity contribution in [1.82, 2.24) is 9.80 Å². The Morgan fingerprint density at radius 2 is 1.45 bits per heavy atom. The summed E-state index contributed by atoms with van der Waals surface area (Å²) < 4.78 is 5.72. The van der Waals surface area contributed by atoms with Gasteiger partial charge in [0, 0.05) is 44.6 Å². The molecule has 31 heavy (non-hydrogen) atoms. The lowest BCUT2D eigenvalue weighted by molar-refractivity contribution is -0.140. The Bertz CT molecular complexity index is 915. The van der Waals surface area contributed by atoms with Crippen LogP contribution in [0.4, 0.5) is 0 Å². The number of piperazine rings is 1. The average molecular weight is 423 g/mol. The van der Waals surface area contributed by atoms with Crippen LogP contribution < -0.4 is 4.74 Å². The Hall–Kier alpha value is -3.15. The second kappa shape index (κ2) is 10.8. The average Bonchev–Trinajstić information content (AvgIpc) is 2.81. The van der Waals surface area contributed by atoms with Crippen LogP contribution in [0.25, 0.3) is 0 Å². The summed E-state index contributed by atoms with van der Waals surface area (Å²) in [7, 11) is 0. The smallest absolute Gasteiger partial charge is 0.260 e. The molecule has 2 aromatic carbocycles. The van der Waals surface area contributed by atoms with Gasteiger partial charge in [-0.05, 0) is 25.0 Å². The largest absolute Gasteiger partial charge is 0.483 e. The lowest BCUT2D eigenvalue weighted by Crippen LogP contribution is -2.51. The second-order valence-corrected chi connectivity index (χ2v) is 7.80. The first-order valence-corrected chi connectivity index (χ1v) is 10.8. The summed E-state index contributed by atoms with van der Waals surface area (Å²) in [6, 6.07) is 15.1. The van der Waals surface area contributed by atoms with Gasteiger partial charge in [0.15, 0.2) is 12.4 Å². The van der Waals surface area contributed by atoms with Crippen LogP contribution in [-0.4, -0.2) is 60.2 Å². The number of hydrogen-bond donors (Lipinski definition) is 0. The Kier molecular flexibility index (Phi) is 7.82. The van der Waals surface area contributed by atoms with Gasteiger partial charge in [-0.3, -0.25) is 14.4 Å². The molecule has 0 atom stereocenters. The summed E-state index contributed by atoms with van der Waals surface area (Å²) in [4.78, 5) is 40.7. The highest BCUT2D eigenvalue weighted by Gasteiger charge is 2.24. The molecule has 0 N–H and O–H groups in total. The van der Waals surface area contributed by atoms with Crippen molar-refractivity contribution in [2.45, 2.75) is 33.1 Å². The fourth-order valence-electron chi connectivity index (χ4n) is 3.64. The standard InChI is InChI=1S/C25H30N2O4/c1-3-20-6-4-5-7-23(20)31-18-25(30)27-16-14-26(15-17-27)24(29)13-12-22(28)21-10-8-19(2)9-11-21/h4-11H,3,12-18H2,1-2H3. The van der Waals surface area contributed by atoms with Crippen LogP contribution in [0.2, 0.25) is 0 Å². The maximum Gasteiger partial charge on any atom is 0.260 e. The number of carbonyl (C=O) groups is 3. The summed E-state index contributed by atoms with van der Waals surface area (Å²) in [5.74, 6) is 0.602. The summed E-state index contributed by atoms with van der Waals surface area (Å²) in [5, 5.41) is 0. The molecule has 0 aromatic heterocycles. The second-order valence-electron chi connectivity index (χ2n) is 7.80. The van der Waals surface area contributed by atoms with Crippen LogP contribution in [0.3, 0.4) is 0 Å². The van der Waals surface area contributed by atoms with E-state index >= 15 is 0 Å². The molecule has 3 rings (SSSR count). The third kappa shape index (κ3) is 6.17. The Morgan fingerprint density at radius 1 is 0.839 bits per heavy atom. The molecule has 0 spiro atoms. The maximum atomic E-state index is 12.5. The number of amides is 2. The van der Waals surface area contributed by atoms with E-state index in [4.69, 9.17) is 4.74 Å². The van der Waals surface area contributed by atoms with Gasteiger partial charge in [-0.2, -0.15) is 0 Å². The number of carbonyl (C=O) groups excluding carboxylic acids is 3. The number of aryl methyl sites for hydroxylation is 2. The molecule has 0 aliphatic carbocycles. The molecule has 6 heteroatoms. The van der Waals surface area contributed by atoms with E-state index < -0.39 is 0 Å². The highest BCUT2D eigenvalue weighted by Crippen LogP contribution is 2.18. The van der Waals surface area contributed by atoms with Gasteiger partial charge >= 0.3 is 0 Å². The maximum absolute atomic E-state index is 12.5. The van der Waals surface area contributed by atoms with Gasteiger partial charge in [0.05, 0.1) is 0 Å². The fraction of sp³-hybridized carbons (Fsp3) is 0.400. The summed E-state index contributed by atoms with van der Waals surface area (Å²) in [5.41, 5.74) is 2.81. The molecule has 6 nitrogen and oxygen atoms in total. The summed E-state index contributed by atoms with van der Waals surface area (Å²) in [6.45, 7) is 5.94. The van der Waals surface area contributed by atoms with E-state index in [-0.39, 0.29) is 37.0 Å². The van der Waals surface area contributed by atoms with Crippen molar-refractivity contribution in [3.05, 3.63) is 65.2 Å². The molecule has 1 fully saturated rings. The van der Waals surface area contributed by atoms with Gasteiger partial charge < -0.3 is 14.5 Å². The van der Waals surface area contributed by atoms with E-state index in [1.54, 1.807) is 21.9 Å². The van der Waals surface area contributed by atoms with E-state index in [1.165, 1.54) is 0 Å². The van der Waals surface area contributed by atoms with Crippen molar-refractivity contribution in [2.75, 3.05) is 32.8 Å². The minimum atomic E-state index is -0.0763. The Labute approximate surface area is 183 Å². The molecule has 1 heterocycles. The number of ether oxygens (including phenoxy) is 1. The molecule has 2 aromatic rings. The molecule has 0 saturated carbocycles. The predicted molar refractivity (Wildman–Crippen MR) is 119 cm³/mol. The first-order chi connectivity index (χ1) is 15.0. The number of para-hydroxylation sites is 1. The number of rotatable bonds is 8. The molecule has 0 unspecified atom stereocenters. The molecule has 2 amide bonds. The zero-order valence-electron chi connectivity index (χ0n) is 18.3. The predicted octanol–water partition coefficient (Wildman–Crippen LogP) is 3.27. The molecule has 1 saturated heterocycles. The number of benzene rings is 2. The minimum Gasteiger partial charge on any atom is -0.483 e. The van der Waals surface area contributed by atoms with Gasteiger partial charge in [0.25, 0.3) is 5.91 Å². The highest BCUT2D eigenvalue weighted by atomic mass is 16.5. The third-order valence-electron chi connectivity index (χ3n) is 5.63. The number of ketones is 1. The highest BCUT2D eigenvalue weighted by molar-refractivity contribution is 5.98. The van der Waals surface area contributed by atoms with Crippen LogP contribution >= 0.6 is 0 Å². The number of nitrogens with zero attached hydrogens (tertiary/aromatic N) is 2. The monoisotopic (exact) mass is 422 g/mol. The van der Waals surface area contributed by atoms with Gasteiger partial charge in [0.2, 0.25) is 5.91 Å². The van der Waals surface area contributed by atoms with Gasteiger partial charge in [0.1, 0.15) is 5.75 Å². The van der Waals surface area contributed by atoms with Crippen molar-refractivity contribution >= 4 is 17.6 Å². The summed E-state index contributed by atoms with van der Waals surface area (Å²) in [6.07, 6.45) is 1.24.